The molecule has 1 atom stereocenters. The van der Waals surface area contributed by atoms with Gasteiger partial charge in [-0.05, 0) is 37.2 Å². The van der Waals surface area contributed by atoms with Gasteiger partial charge in [-0.2, -0.15) is 0 Å². The number of rotatable bonds is 7. The molecular weight excluding hydrogens is 235 g/mol. The Morgan fingerprint density at radius 3 is 2.83 bits per heavy atom. The molecule has 0 heterocycles. The van der Waals surface area contributed by atoms with E-state index >= 15 is 0 Å². The molecule has 1 unspecified atom stereocenters. The molecule has 0 radical (unpaired) electrons. The molecule has 3 N–H and O–H groups in total. The first kappa shape index (κ1) is 14.4. The van der Waals surface area contributed by atoms with Gasteiger partial charge in [-0.15, -0.1) is 0 Å². The molecule has 100 valence electrons. The van der Waals surface area contributed by atoms with Crippen LogP contribution in [0, 0.1) is 12.7 Å². The van der Waals surface area contributed by atoms with Crippen LogP contribution in [0.4, 0.5) is 4.39 Å². The molecule has 1 amide bonds. The summed E-state index contributed by atoms with van der Waals surface area (Å²) >= 11 is 0. The standard InChI is InChI=1S/C13H19FN2O2/c1-3-16-12(13(15)17)6-7-18-10-4-5-11(14)9(2)8-10/h4-5,8,12,16H,3,6-7H2,1-2H3,(H2,15,17). The summed E-state index contributed by atoms with van der Waals surface area (Å²) in [5.41, 5.74) is 5.77. The first-order chi connectivity index (χ1) is 8.54. The van der Waals surface area contributed by atoms with Crippen molar-refractivity contribution in [3.05, 3.63) is 29.6 Å². The van der Waals surface area contributed by atoms with E-state index in [9.17, 15) is 9.18 Å². The fourth-order valence-corrected chi connectivity index (χ4v) is 1.59. The molecule has 0 aliphatic carbocycles. The second-order valence-electron chi connectivity index (χ2n) is 4.06. The van der Waals surface area contributed by atoms with E-state index in [0.29, 0.717) is 30.9 Å². The number of nitrogens with two attached hydrogens (primary N) is 1. The molecule has 4 nitrogen and oxygen atoms in total. The minimum atomic E-state index is -0.393. The van der Waals surface area contributed by atoms with E-state index in [1.165, 1.54) is 6.07 Å². The van der Waals surface area contributed by atoms with Crippen LogP contribution in [-0.4, -0.2) is 25.1 Å². The van der Waals surface area contributed by atoms with Gasteiger partial charge in [0.15, 0.2) is 0 Å². The maximum atomic E-state index is 13.0. The maximum Gasteiger partial charge on any atom is 0.234 e. The Bertz CT molecular complexity index is 410. The molecule has 5 heteroatoms. The number of aryl methyl sites for hydroxylation is 1. The lowest BCUT2D eigenvalue weighted by Gasteiger charge is -2.14. The van der Waals surface area contributed by atoms with E-state index in [1.807, 2.05) is 6.92 Å². The maximum absolute atomic E-state index is 13.0. The summed E-state index contributed by atoms with van der Waals surface area (Å²) in [7, 11) is 0. The number of amides is 1. The quantitative estimate of drug-likeness (QED) is 0.772. The summed E-state index contributed by atoms with van der Waals surface area (Å²) in [5.74, 6) is -0.0608. The lowest BCUT2D eigenvalue weighted by atomic mass is 10.2. The van der Waals surface area contributed by atoms with Crippen LogP contribution in [-0.2, 0) is 4.79 Å². The van der Waals surface area contributed by atoms with Gasteiger partial charge in [-0.3, -0.25) is 4.79 Å². The summed E-state index contributed by atoms with van der Waals surface area (Å²) in [6.07, 6.45) is 0.486. The molecule has 0 saturated carbocycles. The van der Waals surface area contributed by atoms with Crippen LogP contribution in [0.25, 0.3) is 0 Å². The van der Waals surface area contributed by atoms with Crippen molar-refractivity contribution in [1.82, 2.24) is 5.32 Å². The fraction of sp³-hybridized carbons (Fsp3) is 0.462. The molecular formula is C13H19FN2O2. The summed E-state index contributed by atoms with van der Waals surface area (Å²) in [6.45, 7) is 4.60. The summed E-state index contributed by atoms with van der Waals surface area (Å²) in [4.78, 5) is 11.1. The fourth-order valence-electron chi connectivity index (χ4n) is 1.59. The number of primary amides is 1. The number of nitrogens with one attached hydrogen (secondary N) is 1. The lowest BCUT2D eigenvalue weighted by Crippen LogP contribution is -2.42. The largest absolute Gasteiger partial charge is 0.494 e. The Hall–Kier alpha value is -1.62. The summed E-state index contributed by atoms with van der Waals surface area (Å²) < 4.78 is 18.5. The van der Waals surface area contributed by atoms with Crippen LogP contribution in [0.15, 0.2) is 18.2 Å². The number of likely N-dealkylation sites (N-methyl/N-ethyl adjacent to an activating group) is 1. The number of hydrogen-bond donors (Lipinski definition) is 2. The van der Waals surface area contributed by atoms with E-state index in [0.717, 1.165) is 0 Å². The molecule has 0 aliphatic rings. The minimum absolute atomic E-state index is 0.259. The lowest BCUT2D eigenvalue weighted by molar-refractivity contribution is -0.120. The molecule has 1 aromatic rings. The smallest absolute Gasteiger partial charge is 0.234 e. The van der Waals surface area contributed by atoms with Gasteiger partial charge in [-0.25, -0.2) is 4.39 Å². The normalized spacial score (nSPS) is 12.2. The van der Waals surface area contributed by atoms with Crippen molar-refractivity contribution in [3.63, 3.8) is 0 Å². The highest BCUT2D eigenvalue weighted by Crippen LogP contribution is 2.16. The monoisotopic (exact) mass is 254 g/mol. The average molecular weight is 254 g/mol. The molecule has 1 aromatic carbocycles. The average Bonchev–Trinajstić information content (AvgIpc) is 2.32. The molecule has 0 fully saturated rings. The van der Waals surface area contributed by atoms with Gasteiger partial charge in [0.1, 0.15) is 11.6 Å². The van der Waals surface area contributed by atoms with Crippen LogP contribution in [0.3, 0.4) is 0 Å². The van der Waals surface area contributed by atoms with Gasteiger partial charge in [0.25, 0.3) is 0 Å². The van der Waals surface area contributed by atoms with Crippen LogP contribution >= 0.6 is 0 Å². The predicted octanol–water partition coefficient (Wildman–Crippen LogP) is 1.37. The molecule has 0 saturated heterocycles. The van der Waals surface area contributed by atoms with Crippen LogP contribution < -0.4 is 15.8 Å². The van der Waals surface area contributed by atoms with Gasteiger partial charge in [0.05, 0.1) is 12.6 Å². The Balaban J connectivity index is 2.44. The van der Waals surface area contributed by atoms with Crippen LogP contribution in [0.1, 0.15) is 18.9 Å². The highest BCUT2D eigenvalue weighted by Gasteiger charge is 2.13. The van der Waals surface area contributed by atoms with Crippen molar-refractivity contribution in [3.8, 4) is 5.75 Å². The Morgan fingerprint density at radius 2 is 2.28 bits per heavy atom. The third kappa shape index (κ3) is 4.33. The van der Waals surface area contributed by atoms with Crippen molar-refractivity contribution >= 4 is 5.91 Å². The van der Waals surface area contributed by atoms with E-state index in [-0.39, 0.29) is 5.82 Å². The van der Waals surface area contributed by atoms with Crippen molar-refractivity contribution in [2.75, 3.05) is 13.2 Å². The first-order valence-electron chi connectivity index (χ1n) is 5.96. The first-order valence-corrected chi connectivity index (χ1v) is 5.96. The molecule has 0 spiro atoms. The predicted molar refractivity (Wildman–Crippen MR) is 67.9 cm³/mol. The molecule has 18 heavy (non-hydrogen) atoms. The van der Waals surface area contributed by atoms with E-state index in [4.69, 9.17) is 10.5 Å². The minimum Gasteiger partial charge on any atom is -0.494 e. The molecule has 0 aromatic heterocycles. The SMILES string of the molecule is CCNC(CCOc1ccc(F)c(C)c1)C(N)=O. The number of ether oxygens (including phenoxy) is 1. The summed E-state index contributed by atoms with van der Waals surface area (Å²) in [6, 6.07) is 4.16. The second kappa shape index (κ2) is 6.96. The van der Waals surface area contributed by atoms with Crippen LogP contribution in [0.5, 0.6) is 5.75 Å². The van der Waals surface area contributed by atoms with E-state index in [2.05, 4.69) is 5.32 Å². The van der Waals surface area contributed by atoms with Crippen molar-refractivity contribution in [2.24, 2.45) is 5.73 Å². The zero-order valence-corrected chi connectivity index (χ0v) is 10.7. The number of benzene rings is 1. The Labute approximate surface area is 106 Å². The second-order valence-corrected chi connectivity index (χ2v) is 4.06. The zero-order valence-electron chi connectivity index (χ0n) is 10.7. The third-order valence-electron chi connectivity index (χ3n) is 2.60. The van der Waals surface area contributed by atoms with Gasteiger partial charge in [-0.1, -0.05) is 6.92 Å². The van der Waals surface area contributed by atoms with Gasteiger partial charge in [0, 0.05) is 6.42 Å². The molecule has 1 rings (SSSR count). The zero-order chi connectivity index (χ0) is 13.5. The van der Waals surface area contributed by atoms with Crippen molar-refractivity contribution in [1.29, 1.82) is 0 Å². The highest BCUT2D eigenvalue weighted by atomic mass is 19.1. The van der Waals surface area contributed by atoms with Crippen molar-refractivity contribution in [2.45, 2.75) is 26.3 Å². The number of carbonyl (C=O) groups is 1. The van der Waals surface area contributed by atoms with Gasteiger partial charge >= 0.3 is 0 Å². The van der Waals surface area contributed by atoms with E-state index in [1.54, 1.807) is 19.1 Å². The van der Waals surface area contributed by atoms with Gasteiger partial charge in [0.2, 0.25) is 5.91 Å². The molecule has 0 aliphatic heterocycles. The third-order valence-corrected chi connectivity index (χ3v) is 2.60. The van der Waals surface area contributed by atoms with Crippen LogP contribution in [0.2, 0.25) is 0 Å². The number of halogens is 1. The number of hydrogen-bond acceptors (Lipinski definition) is 3. The van der Waals surface area contributed by atoms with E-state index < -0.39 is 11.9 Å². The Kier molecular flexibility index (Phi) is 5.58. The Morgan fingerprint density at radius 1 is 1.56 bits per heavy atom. The topological polar surface area (TPSA) is 64.3 Å². The number of carbonyl (C=O) groups excluding carboxylic acids is 1. The van der Waals surface area contributed by atoms with Crippen molar-refractivity contribution < 1.29 is 13.9 Å². The molecule has 0 bridgehead atoms. The highest BCUT2D eigenvalue weighted by molar-refractivity contribution is 5.79. The van der Waals surface area contributed by atoms with Gasteiger partial charge < -0.3 is 15.8 Å². The summed E-state index contributed by atoms with van der Waals surface area (Å²) in [5, 5.41) is 2.97.